The molecule has 1 heterocycles. The first-order valence-electron chi connectivity index (χ1n) is 7.33. The van der Waals surface area contributed by atoms with E-state index in [1.807, 2.05) is 11.8 Å². The quantitative estimate of drug-likeness (QED) is 0.764. The van der Waals surface area contributed by atoms with Gasteiger partial charge in [-0.15, -0.1) is 11.8 Å². The van der Waals surface area contributed by atoms with Gasteiger partial charge in [0.05, 0.1) is 6.04 Å². The highest BCUT2D eigenvalue weighted by molar-refractivity contribution is 7.99. The van der Waals surface area contributed by atoms with E-state index in [2.05, 4.69) is 29.2 Å². The van der Waals surface area contributed by atoms with Crippen molar-refractivity contribution in [3.05, 3.63) is 29.8 Å². The molecule has 0 bridgehead atoms. The second-order valence-electron chi connectivity index (χ2n) is 5.57. The summed E-state index contributed by atoms with van der Waals surface area (Å²) in [7, 11) is 0. The summed E-state index contributed by atoms with van der Waals surface area (Å²) < 4.78 is 0. The van der Waals surface area contributed by atoms with Gasteiger partial charge in [-0.2, -0.15) is 0 Å². The minimum atomic E-state index is 0.309. The third-order valence-electron chi connectivity index (χ3n) is 4.43. The van der Waals surface area contributed by atoms with Crippen LogP contribution in [-0.4, -0.2) is 23.6 Å². The zero-order valence-electron chi connectivity index (χ0n) is 11.3. The third-order valence-corrected chi connectivity index (χ3v) is 5.50. The summed E-state index contributed by atoms with van der Waals surface area (Å²) in [4.78, 5) is 14.9. The molecule has 0 aromatic heterocycles. The van der Waals surface area contributed by atoms with Gasteiger partial charge in [0.15, 0.2) is 0 Å². The molecule has 102 valence electrons. The van der Waals surface area contributed by atoms with Crippen LogP contribution in [0.2, 0.25) is 0 Å². The number of nitrogens with zero attached hydrogens (tertiary/aromatic N) is 1. The Kier molecular flexibility index (Phi) is 4.12. The van der Waals surface area contributed by atoms with Crippen molar-refractivity contribution in [2.75, 3.05) is 12.3 Å². The SMILES string of the molecule is O=CN1CCSc2ccccc2C1C1CCCCC1. The Morgan fingerprint density at radius 3 is 2.74 bits per heavy atom. The van der Waals surface area contributed by atoms with Crippen LogP contribution in [0.1, 0.15) is 43.7 Å². The van der Waals surface area contributed by atoms with E-state index in [9.17, 15) is 4.79 Å². The van der Waals surface area contributed by atoms with Crippen molar-refractivity contribution in [1.82, 2.24) is 4.90 Å². The molecule has 1 fully saturated rings. The van der Waals surface area contributed by atoms with Gasteiger partial charge in [0, 0.05) is 17.2 Å². The summed E-state index contributed by atoms with van der Waals surface area (Å²) in [6.07, 6.45) is 7.62. The second kappa shape index (κ2) is 6.00. The maximum absolute atomic E-state index is 11.5. The van der Waals surface area contributed by atoms with Crippen LogP contribution in [0, 0.1) is 5.92 Å². The van der Waals surface area contributed by atoms with Crippen LogP contribution in [0.15, 0.2) is 29.2 Å². The van der Waals surface area contributed by atoms with Gasteiger partial charge in [-0.3, -0.25) is 4.79 Å². The Morgan fingerprint density at radius 1 is 1.16 bits per heavy atom. The number of carbonyl (C=O) groups excluding carboxylic acids is 1. The van der Waals surface area contributed by atoms with Crippen LogP contribution < -0.4 is 0 Å². The Labute approximate surface area is 119 Å². The minimum Gasteiger partial charge on any atom is -0.337 e. The molecule has 1 aliphatic heterocycles. The summed E-state index contributed by atoms with van der Waals surface area (Å²) in [6.45, 7) is 0.879. The average Bonchev–Trinajstić information content (AvgIpc) is 2.67. The van der Waals surface area contributed by atoms with Crippen LogP contribution in [0.3, 0.4) is 0 Å². The van der Waals surface area contributed by atoms with E-state index in [1.165, 1.54) is 42.6 Å². The first-order chi connectivity index (χ1) is 9.40. The molecular formula is C16H21NOS. The fraction of sp³-hybridized carbons (Fsp3) is 0.562. The van der Waals surface area contributed by atoms with E-state index in [0.717, 1.165) is 18.7 Å². The summed E-state index contributed by atoms with van der Waals surface area (Å²) in [5.74, 6) is 1.66. The van der Waals surface area contributed by atoms with Crippen molar-refractivity contribution >= 4 is 18.2 Å². The van der Waals surface area contributed by atoms with E-state index in [-0.39, 0.29) is 0 Å². The van der Waals surface area contributed by atoms with Crippen molar-refractivity contribution in [3.63, 3.8) is 0 Å². The van der Waals surface area contributed by atoms with E-state index < -0.39 is 0 Å². The molecule has 1 aromatic rings. The highest BCUT2D eigenvalue weighted by atomic mass is 32.2. The molecule has 2 aliphatic rings. The molecule has 0 radical (unpaired) electrons. The molecule has 1 atom stereocenters. The van der Waals surface area contributed by atoms with Crippen LogP contribution >= 0.6 is 11.8 Å². The van der Waals surface area contributed by atoms with Crippen LogP contribution in [0.25, 0.3) is 0 Å². The summed E-state index contributed by atoms with van der Waals surface area (Å²) in [5, 5.41) is 0. The van der Waals surface area contributed by atoms with Crippen molar-refractivity contribution in [1.29, 1.82) is 0 Å². The van der Waals surface area contributed by atoms with Gasteiger partial charge in [0.2, 0.25) is 6.41 Å². The third kappa shape index (κ3) is 2.66. The number of hydrogen-bond donors (Lipinski definition) is 0. The topological polar surface area (TPSA) is 20.3 Å². The highest BCUT2D eigenvalue weighted by Gasteiger charge is 2.32. The first kappa shape index (κ1) is 13.0. The van der Waals surface area contributed by atoms with Gasteiger partial charge >= 0.3 is 0 Å². The number of thioether (sulfide) groups is 1. The molecule has 0 saturated heterocycles. The summed E-state index contributed by atoms with van der Waals surface area (Å²) in [5.41, 5.74) is 1.38. The lowest BCUT2D eigenvalue weighted by Crippen LogP contribution is -2.34. The number of carbonyl (C=O) groups is 1. The van der Waals surface area contributed by atoms with Gasteiger partial charge in [0.25, 0.3) is 0 Å². The maximum Gasteiger partial charge on any atom is 0.210 e. The fourth-order valence-electron chi connectivity index (χ4n) is 3.53. The van der Waals surface area contributed by atoms with Crippen molar-refractivity contribution in [2.45, 2.75) is 43.0 Å². The molecule has 1 aromatic carbocycles. The van der Waals surface area contributed by atoms with E-state index in [0.29, 0.717) is 12.0 Å². The second-order valence-corrected chi connectivity index (χ2v) is 6.71. The lowest BCUT2D eigenvalue weighted by atomic mass is 9.80. The number of benzene rings is 1. The van der Waals surface area contributed by atoms with E-state index in [1.54, 1.807) is 0 Å². The fourth-order valence-corrected chi connectivity index (χ4v) is 4.58. The van der Waals surface area contributed by atoms with Crippen LogP contribution in [0.4, 0.5) is 0 Å². The van der Waals surface area contributed by atoms with Gasteiger partial charge < -0.3 is 4.90 Å². The van der Waals surface area contributed by atoms with Gasteiger partial charge in [-0.05, 0) is 30.4 Å². The molecule has 0 spiro atoms. The van der Waals surface area contributed by atoms with Crippen molar-refractivity contribution in [3.8, 4) is 0 Å². The van der Waals surface area contributed by atoms with Gasteiger partial charge in [-0.25, -0.2) is 0 Å². The molecule has 1 unspecified atom stereocenters. The van der Waals surface area contributed by atoms with Crippen LogP contribution in [0.5, 0.6) is 0 Å². The van der Waals surface area contributed by atoms with E-state index in [4.69, 9.17) is 0 Å². The minimum absolute atomic E-state index is 0.309. The molecule has 1 aliphatic carbocycles. The Hall–Kier alpha value is -0.960. The Morgan fingerprint density at radius 2 is 1.95 bits per heavy atom. The highest BCUT2D eigenvalue weighted by Crippen LogP contribution is 2.42. The predicted octanol–water partition coefficient (Wildman–Crippen LogP) is 3.87. The number of amides is 1. The number of fused-ring (bicyclic) bond motifs is 1. The molecule has 2 nitrogen and oxygen atoms in total. The molecule has 3 rings (SSSR count). The summed E-state index contributed by atoms with van der Waals surface area (Å²) >= 11 is 1.90. The smallest absolute Gasteiger partial charge is 0.210 e. The monoisotopic (exact) mass is 275 g/mol. The number of rotatable bonds is 2. The van der Waals surface area contributed by atoms with Crippen molar-refractivity contribution in [2.24, 2.45) is 5.92 Å². The van der Waals surface area contributed by atoms with Gasteiger partial charge in [-0.1, -0.05) is 37.5 Å². The number of hydrogen-bond acceptors (Lipinski definition) is 2. The Balaban J connectivity index is 1.97. The lowest BCUT2D eigenvalue weighted by molar-refractivity contribution is -0.121. The molecule has 0 N–H and O–H groups in total. The largest absolute Gasteiger partial charge is 0.337 e. The van der Waals surface area contributed by atoms with Gasteiger partial charge in [0.1, 0.15) is 0 Å². The normalized spacial score (nSPS) is 24.6. The molecular weight excluding hydrogens is 254 g/mol. The molecule has 3 heteroatoms. The lowest BCUT2D eigenvalue weighted by Gasteiger charge is -2.36. The maximum atomic E-state index is 11.5. The molecule has 1 amide bonds. The molecule has 19 heavy (non-hydrogen) atoms. The zero-order valence-corrected chi connectivity index (χ0v) is 12.1. The van der Waals surface area contributed by atoms with Crippen molar-refractivity contribution < 1.29 is 4.79 Å². The zero-order chi connectivity index (χ0) is 13.1. The Bertz CT molecular complexity index is 442. The first-order valence-corrected chi connectivity index (χ1v) is 8.31. The predicted molar refractivity (Wildman–Crippen MR) is 79.3 cm³/mol. The van der Waals surface area contributed by atoms with Crippen LogP contribution in [-0.2, 0) is 4.79 Å². The standard InChI is InChI=1S/C16H21NOS/c18-12-17-10-11-19-15-9-5-4-8-14(15)16(17)13-6-2-1-3-7-13/h4-5,8-9,12-13,16H,1-3,6-7,10-11H2. The van der Waals surface area contributed by atoms with E-state index >= 15 is 0 Å². The summed E-state index contributed by atoms with van der Waals surface area (Å²) in [6, 6.07) is 8.97. The molecule has 1 saturated carbocycles. The average molecular weight is 275 g/mol.